The first-order chi connectivity index (χ1) is 15.6. The first-order valence-corrected chi connectivity index (χ1v) is 11.1. The van der Waals surface area contributed by atoms with Crippen LogP contribution in [0.15, 0.2) is 42.7 Å². The molecule has 1 aromatic carbocycles. The van der Waals surface area contributed by atoms with Gasteiger partial charge in [0, 0.05) is 48.2 Å². The smallest absolute Gasteiger partial charge is 0.213 e. The average molecular weight is 437 g/mol. The second-order valence-corrected chi connectivity index (χ2v) is 8.52. The number of aromatic nitrogens is 2. The number of nitrogens with two attached hydrogens (primary N) is 1. The van der Waals surface area contributed by atoms with Gasteiger partial charge in [0.25, 0.3) is 0 Å². The van der Waals surface area contributed by atoms with Crippen molar-refractivity contribution in [1.82, 2.24) is 15.3 Å². The van der Waals surface area contributed by atoms with E-state index in [0.717, 1.165) is 68.8 Å². The molecule has 2 aromatic heterocycles. The number of hydrogen-bond acceptors (Lipinski definition) is 5. The Labute approximate surface area is 186 Å². The van der Waals surface area contributed by atoms with Gasteiger partial charge in [0.05, 0.1) is 6.20 Å². The molecule has 0 bridgehead atoms. The maximum absolute atomic E-state index is 14.4. The minimum atomic E-state index is -0.762. The summed E-state index contributed by atoms with van der Waals surface area (Å²) in [4.78, 5) is 7.64. The van der Waals surface area contributed by atoms with Crippen LogP contribution < -0.4 is 11.1 Å². The van der Waals surface area contributed by atoms with Crippen LogP contribution in [0.1, 0.15) is 48.8 Å². The Kier molecular flexibility index (Phi) is 5.85. The molecular formula is C25H26F2N4O. The van der Waals surface area contributed by atoms with Crippen LogP contribution in [0.3, 0.4) is 0 Å². The third kappa shape index (κ3) is 4.10. The predicted molar refractivity (Wildman–Crippen MR) is 120 cm³/mol. The standard InChI is InChI=1S/C25H26F2N4O/c26-22-14-30-24(27)12-19(22)21-11-17(13-31-25(21)28)16-3-4-18(15-5-8-32-9-6-15)20(10-16)23-2-1-7-29-23/h3-4,10-15,23,29H,1-2,5-9H2,(H2,28,31)/t23-/m0/s1. The van der Waals surface area contributed by atoms with Crippen molar-refractivity contribution in [2.45, 2.75) is 37.6 Å². The van der Waals surface area contributed by atoms with Crippen molar-refractivity contribution in [2.24, 2.45) is 0 Å². The van der Waals surface area contributed by atoms with E-state index in [1.807, 2.05) is 0 Å². The molecule has 2 saturated heterocycles. The molecule has 5 rings (SSSR count). The summed E-state index contributed by atoms with van der Waals surface area (Å²) in [5.74, 6) is -0.761. The molecule has 32 heavy (non-hydrogen) atoms. The average Bonchev–Trinajstić information content (AvgIpc) is 3.36. The van der Waals surface area contributed by atoms with Crippen molar-refractivity contribution in [3.8, 4) is 22.3 Å². The lowest BCUT2D eigenvalue weighted by Crippen LogP contribution is -2.19. The monoisotopic (exact) mass is 436 g/mol. The molecule has 0 unspecified atom stereocenters. The number of benzene rings is 1. The summed E-state index contributed by atoms with van der Waals surface area (Å²) >= 11 is 0. The van der Waals surface area contributed by atoms with E-state index in [9.17, 15) is 8.78 Å². The molecule has 0 radical (unpaired) electrons. The fourth-order valence-corrected chi connectivity index (χ4v) is 4.86. The van der Waals surface area contributed by atoms with Crippen molar-refractivity contribution in [3.63, 3.8) is 0 Å². The first kappa shape index (κ1) is 21.0. The number of nitrogen functional groups attached to an aromatic ring is 1. The van der Waals surface area contributed by atoms with Crippen LogP contribution >= 0.6 is 0 Å². The Morgan fingerprint density at radius 3 is 2.53 bits per heavy atom. The van der Waals surface area contributed by atoms with E-state index in [-0.39, 0.29) is 11.4 Å². The lowest BCUT2D eigenvalue weighted by Gasteiger charge is -2.27. The van der Waals surface area contributed by atoms with Gasteiger partial charge in [-0.25, -0.2) is 14.4 Å². The summed E-state index contributed by atoms with van der Waals surface area (Å²) in [6.07, 6.45) is 6.86. The van der Waals surface area contributed by atoms with Gasteiger partial charge in [0.2, 0.25) is 5.95 Å². The van der Waals surface area contributed by atoms with Gasteiger partial charge >= 0.3 is 0 Å². The van der Waals surface area contributed by atoms with Gasteiger partial charge < -0.3 is 15.8 Å². The van der Waals surface area contributed by atoms with E-state index in [1.165, 1.54) is 11.1 Å². The van der Waals surface area contributed by atoms with Crippen LogP contribution in [0, 0.1) is 11.8 Å². The van der Waals surface area contributed by atoms with Crippen molar-refractivity contribution >= 4 is 5.82 Å². The van der Waals surface area contributed by atoms with E-state index in [2.05, 4.69) is 33.5 Å². The number of rotatable bonds is 4. The fourth-order valence-electron chi connectivity index (χ4n) is 4.86. The molecule has 0 spiro atoms. The molecule has 0 amide bonds. The van der Waals surface area contributed by atoms with Crippen LogP contribution in [0.4, 0.5) is 14.6 Å². The number of halogens is 2. The molecule has 2 aliphatic heterocycles. The van der Waals surface area contributed by atoms with E-state index >= 15 is 0 Å². The maximum atomic E-state index is 14.4. The molecule has 166 valence electrons. The molecule has 0 aliphatic carbocycles. The van der Waals surface area contributed by atoms with E-state index in [0.29, 0.717) is 17.5 Å². The van der Waals surface area contributed by atoms with E-state index < -0.39 is 11.8 Å². The zero-order valence-corrected chi connectivity index (χ0v) is 17.8. The van der Waals surface area contributed by atoms with Crippen LogP contribution in [-0.4, -0.2) is 29.7 Å². The van der Waals surface area contributed by atoms with Gasteiger partial charge in [-0.2, -0.15) is 4.39 Å². The number of nitrogens with zero attached hydrogens (tertiary/aromatic N) is 2. The third-order valence-electron chi connectivity index (χ3n) is 6.55. The van der Waals surface area contributed by atoms with Crippen molar-refractivity contribution < 1.29 is 13.5 Å². The summed E-state index contributed by atoms with van der Waals surface area (Å²) in [5, 5.41) is 3.63. The second-order valence-electron chi connectivity index (χ2n) is 8.52. The van der Waals surface area contributed by atoms with Gasteiger partial charge in [-0.3, -0.25) is 0 Å². The Balaban J connectivity index is 1.57. The SMILES string of the molecule is Nc1ncc(-c2ccc(C3CCOCC3)c([C@@H]3CCCN3)c2)cc1-c1cc(F)ncc1F. The molecule has 3 aromatic rings. The van der Waals surface area contributed by atoms with Gasteiger partial charge in [0.15, 0.2) is 0 Å². The van der Waals surface area contributed by atoms with Crippen molar-refractivity contribution in [3.05, 3.63) is 65.6 Å². The molecule has 7 heteroatoms. The fraction of sp³-hybridized carbons (Fsp3) is 0.360. The normalized spacial score (nSPS) is 19.4. The molecule has 1 atom stereocenters. The number of hydrogen-bond donors (Lipinski definition) is 2. The van der Waals surface area contributed by atoms with Crippen LogP contribution in [0.2, 0.25) is 0 Å². The predicted octanol–water partition coefficient (Wildman–Crippen LogP) is 4.99. The number of anilines is 1. The lowest BCUT2D eigenvalue weighted by molar-refractivity contribution is 0.0851. The molecule has 0 saturated carbocycles. The Morgan fingerprint density at radius 2 is 1.75 bits per heavy atom. The van der Waals surface area contributed by atoms with E-state index in [4.69, 9.17) is 10.5 Å². The molecular weight excluding hydrogens is 410 g/mol. The van der Waals surface area contributed by atoms with Crippen LogP contribution in [-0.2, 0) is 4.74 Å². The molecule has 2 fully saturated rings. The highest BCUT2D eigenvalue weighted by atomic mass is 19.1. The topological polar surface area (TPSA) is 73.1 Å². The van der Waals surface area contributed by atoms with Gasteiger partial charge in [-0.1, -0.05) is 12.1 Å². The summed E-state index contributed by atoms with van der Waals surface area (Å²) in [7, 11) is 0. The van der Waals surface area contributed by atoms with Crippen molar-refractivity contribution in [1.29, 1.82) is 0 Å². The highest BCUT2D eigenvalue weighted by Gasteiger charge is 2.25. The Bertz CT molecular complexity index is 1120. The Morgan fingerprint density at radius 1 is 0.906 bits per heavy atom. The summed E-state index contributed by atoms with van der Waals surface area (Å²) in [5.41, 5.74) is 10.9. The Hall–Kier alpha value is -2.90. The van der Waals surface area contributed by atoms with Gasteiger partial charge in [0.1, 0.15) is 11.6 Å². The zero-order chi connectivity index (χ0) is 22.1. The minimum Gasteiger partial charge on any atom is -0.383 e. The maximum Gasteiger partial charge on any atom is 0.213 e. The van der Waals surface area contributed by atoms with E-state index in [1.54, 1.807) is 12.3 Å². The minimum absolute atomic E-state index is 0.0564. The summed E-state index contributed by atoms with van der Waals surface area (Å²) < 4.78 is 33.6. The van der Waals surface area contributed by atoms with Gasteiger partial charge in [-0.05, 0) is 67.0 Å². The van der Waals surface area contributed by atoms with Gasteiger partial charge in [-0.15, -0.1) is 0 Å². The largest absolute Gasteiger partial charge is 0.383 e. The van der Waals surface area contributed by atoms with Crippen LogP contribution in [0.5, 0.6) is 0 Å². The number of ether oxygens (including phenoxy) is 1. The lowest BCUT2D eigenvalue weighted by atomic mass is 9.84. The molecule has 3 N–H and O–H groups in total. The molecule has 5 nitrogen and oxygen atoms in total. The molecule has 2 aliphatic rings. The summed E-state index contributed by atoms with van der Waals surface area (Å²) in [6.45, 7) is 2.61. The summed E-state index contributed by atoms with van der Waals surface area (Å²) in [6, 6.07) is 9.66. The number of pyridine rings is 2. The first-order valence-electron chi connectivity index (χ1n) is 11.1. The van der Waals surface area contributed by atoms with Crippen LogP contribution in [0.25, 0.3) is 22.3 Å². The highest BCUT2D eigenvalue weighted by Crippen LogP contribution is 2.38. The number of nitrogens with one attached hydrogen (secondary N) is 1. The highest BCUT2D eigenvalue weighted by molar-refractivity contribution is 5.79. The zero-order valence-electron chi connectivity index (χ0n) is 17.8. The molecule has 4 heterocycles. The third-order valence-corrected chi connectivity index (χ3v) is 6.55. The second kappa shape index (κ2) is 8.92. The van der Waals surface area contributed by atoms with Crippen molar-refractivity contribution in [2.75, 3.05) is 25.5 Å². The quantitative estimate of drug-likeness (QED) is 0.564.